The van der Waals surface area contributed by atoms with Crippen LogP contribution in [-0.2, 0) is 4.74 Å². The van der Waals surface area contributed by atoms with E-state index in [2.05, 4.69) is 23.9 Å². The van der Waals surface area contributed by atoms with Crippen LogP contribution in [0.3, 0.4) is 0 Å². The third kappa shape index (κ3) is 4.37. The predicted octanol–water partition coefficient (Wildman–Crippen LogP) is 0.376. The summed E-state index contributed by atoms with van der Waals surface area (Å²) in [6.45, 7) is 4.25. The molecule has 0 aromatic heterocycles. The number of hydrogen-bond donors (Lipinski definition) is 1. The zero-order chi connectivity index (χ0) is 12.0. The van der Waals surface area contributed by atoms with Gasteiger partial charge in [-0.2, -0.15) is 0 Å². The molecule has 0 amide bonds. The van der Waals surface area contributed by atoms with Crippen LogP contribution in [-0.4, -0.2) is 69.3 Å². The predicted molar refractivity (Wildman–Crippen MR) is 67.6 cm³/mol. The van der Waals surface area contributed by atoms with Crippen molar-refractivity contribution in [3.05, 3.63) is 0 Å². The maximum Gasteiger partial charge on any atom is 0.0462 e. The summed E-state index contributed by atoms with van der Waals surface area (Å²) in [6.07, 6.45) is 3.36. The average Bonchev–Trinajstić information content (AvgIpc) is 2.41. The normalized spacial score (nSPS) is 26.6. The number of hydrogen-bond acceptors (Lipinski definition) is 4. The van der Waals surface area contributed by atoms with Gasteiger partial charge in [0.05, 0.1) is 0 Å². The monoisotopic (exact) mass is 229 g/mol. The minimum Gasteiger partial charge on any atom is -0.385 e. The molecule has 1 saturated heterocycles. The molecular weight excluding hydrogens is 202 g/mol. The Hall–Kier alpha value is -0.160. The zero-order valence-electron chi connectivity index (χ0n) is 11.0. The standard InChI is InChI=1S/C12H27N3O/c1-14-7-5-8-15(2)12(10-14)11(13)6-4-9-16-3/h11-12H,4-10,13H2,1-3H3. The Kier molecular flexibility index (Phi) is 6.28. The summed E-state index contributed by atoms with van der Waals surface area (Å²) >= 11 is 0. The van der Waals surface area contributed by atoms with Crippen molar-refractivity contribution in [2.45, 2.75) is 31.3 Å². The van der Waals surface area contributed by atoms with Crippen LogP contribution in [0.2, 0.25) is 0 Å². The smallest absolute Gasteiger partial charge is 0.0462 e. The van der Waals surface area contributed by atoms with E-state index in [0.717, 1.165) is 32.5 Å². The first-order chi connectivity index (χ1) is 7.65. The molecule has 2 atom stereocenters. The summed E-state index contributed by atoms with van der Waals surface area (Å²) in [5.74, 6) is 0. The average molecular weight is 229 g/mol. The molecule has 0 saturated carbocycles. The first-order valence-corrected chi connectivity index (χ1v) is 6.28. The Bertz CT molecular complexity index is 189. The first kappa shape index (κ1) is 13.9. The van der Waals surface area contributed by atoms with Gasteiger partial charge in [-0.1, -0.05) is 0 Å². The van der Waals surface area contributed by atoms with Gasteiger partial charge in [0.2, 0.25) is 0 Å². The van der Waals surface area contributed by atoms with Gasteiger partial charge in [-0.15, -0.1) is 0 Å². The van der Waals surface area contributed by atoms with Gasteiger partial charge in [0.1, 0.15) is 0 Å². The highest BCUT2D eigenvalue weighted by Gasteiger charge is 2.25. The summed E-state index contributed by atoms with van der Waals surface area (Å²) in [6, 6.07) is 0.755. The molecule has 0 aromatic rings. The van der Waals surface area contributed by atoms with Crippen molar-refractivity contribution in [2.24, 2.45) is 5.73 Å². The molecule has 2 unspecified atom stereocenters. The van der Waals surface area contributed by atoms with E-state index in [1.54, 1.807) is 7.11 Å². The van der Waals surface area contributed by atoms with E-state index in [1.807, 2.05) is 0 Å². The lowest BCUT2D eigenvalue weighted by Crippen LogP contribution is -2.50. The summed E-state index contributed by atoms with van der Waals surface area (Å²) in [5.41, 5.74) is 6.29. The maximum atomic E-state index is 6.29. The van der Waals surface area contributed by atoms with Crippen molar-refractivity contribution in [1.29, 1.82) is 0 Å². The fourth-order valence-electron chi connectivity index (χ4n) is 2.42. The number of nitrogens with zero attached hydrogens (tertiary/aromatic N) is 2. The number of methoxy groups -OCH3 is 1. The SMILES string of the molecule is COCCCC(N)C1CN(C)CCCN1C. The van der Waals surface area contributed by atoms with Gasteiger partial charge in [0.15, 0.2) is 0 Å². The molecular formula is C12H27N3O. The number of ether oxygens (including phenoxy) is 1. The summed E-state index contributed by atoms with van der Waals surface area (Å²) in [4.78, 5) is 4.81. The number of likely N-dealkylation sites (N-methyl/N-ethyl adjacent to an activating group) is 2. The molecule has 0 aromatic carbocycles. The molecule has 4 nitrogen and oxygen atoms in total. The molecule has 0 aliphatic carbocycles. The van der Waals surface area contributed by atoms with Gasteiger partial charge in [-0.05, 0) is 46.4 Å². The fourth-order valence-corrected chi connectivity index (χ4v) is 2.42. The third-order valence-electron chi connectivity index (χ3n) is 3.50. The molecule has 1 aliphatic rings. The van der Waals surface area contributed by atoms with Crippen LogP contribution in [0.5, 0.6) is 0 Å². The molecule has 0 spiro atoms. The molecule has 1 fully saturated rings. The Morgan fingerprint density at radius 2 is 2.12 bits per heavy atom. The highest BCUT2D eigenvalue weighted by atomic mass is 16.5. The Morgan fingerprint density at radius 3 is 2.81 bits per heavy atom. The molecule has 0 radical (unpaired) electrons. The van der Waals surface area contributed by atoms with Crippen molar-refractivity contribution < 1.29 is 4.74 Å². The molecule has 16 heavy (non-hydrogen) atoms. The highest BCUT2D eigenvalue weighted by Crippen LogP contribution is 2.12. The Balaban J connectivity index is 2.40. The van der Waals surface area contributed by atoms with Crippen LogP contribution in [0, 0.1) is 0 Å². The Labute approximate surface area is 99.7 Å². The fraction of sp³-hybridized carbons (Fsp3) is 1.00. The van der Waals surface area contributed by atoms with E-state index in [1.165, 1.54) is 13.0 Å². The zero-order valence-corrected chi connectivity index (χ0v) is 11.0. The van der Waals surface area contributed by atoms with Crippen LogP contribution in [0.25, 0.3) is 0 Å². The van der Waals surface area contributed by atoms with Crippen molar-refractivity contribution in [3.8, 4) is 0 Å². The topological polar surface area (TPSA) is 41.7 Å². The van der Waals surface area contributed by atoms with Crippen LogP contribution in [0.4, 0.5) is 0 Å². The molecule has 96 valence electrons. The van der Waals surface area contributed by atoms with Gasteiger partial charge in [-0.25, -0.2) is 0 Å². The van der Waals surface area contributed by atoms with Crippen LogP contribution >= 0.6 is 0 Å². The minimum absolute atomic E-state index is 0.265. The molecule has 1 rings (SSSR count). The molecule has 4 heteroatoms. The van der Waals surface area contributed by atoms with Crippen LogP contribution in [0.15, 0.2) is 0 Å². The highest BCUT2D eigenvalue weighted by molar-refractivity contribution is 4.85. The number of rotatable bonds is 5. The Morgan fingerprint density at radius 1 is 1.38 bits per heavy atom. The lowest BCUT2D eigenvalue weighted by molar-refractivity contribution is 0.165. The second kappa shape index (κ2) is 7.22. The van der Waals surface area contributed by atoms with Gasteiger partial charge in [-0.3, -0.25) is 0 Å². The van der Waals surface area contributed by atoms with Crippen molar-refractivity contribution in [1.82, 2.24) is 9.80 Å². The summed E-state index contributed by atoms with van der Waals surface area (Å²) in [5, 5.41) is 0. The minimum atomic E-state index is 0.265. The third-order valence-corrected chi connectivity index (χ3v) is 3.50. The van der Waals surface area contributed by atoms with E-state index < -0.39 is 0 Å². The van der Waals surface area contributed by atoms with Gasteiger partial charge in [0, 0.05) is 32.3 Å². The van der Waals surface area contributed by atoms with Gasteiger partial charge >= 0.3 is 0 Å². The van der Waals surface area contributed by atoms with Crippen molar-refractivity contribution >= 4 is 0 Å². The second-order valence-electron chi connectivity index (χ2n) is 4.96. The largest absolute Gasteiger partial charge is 0.385 e. The lowest BCUT2D eigenvalue weighted by atomic mass is 10.0. The molecule has 0 bridgehead atoms. The van der Waals surface area contributed by atoms with Crippen molar-refractivity contribution in [3.63, 3.8) is 0 Å². The molecule has 1 aliphatic heterocycles. The second-order valence-corrected chi connectivity index (χ2v) is 4.96. The summed E-state index contributed by atoms with van der Waals surface area (Å²) < 4.78 is 5.07. The maximum absolute atomic E-state index is 6.29. The van der Waals surface area contributed by atoms with Crippen LogP contribution in [0.1, 0.15) is 19.3 Å². The molecule has 1 heterocycles. The number of nitrogens with two attached hydrogens (primary N) is 1. The summed E-state index contributed by atoms with van der Waals surface area (Å²) in [7, 11) is 6.13. The van der Waals surface area contributed by atoms with Crippen molar-refractivity contribution in [2.75, 3.05) is 47.4 Å². The van der Waals surface area contributed by atoms with E-state index >= 15 is 0 Å². The van der Waals surface area contributed by atoms with E-state index in [0.29, 0.717) is 6.04 Å². The van der Waals surface area contributed by atoms with Crippen LogP contribution < -0.4 is 5.73 Å². The van der Waals surface area contributed by atoms with Gasteiger partial charge < -0.3 is 20.3 Å². The first-order valence-electron chi connectivity index (χ1n) is 6.28. The lowest BCUT2D eigenvalue weighted by Gasteiger charge is -2.32. The van der Waals surface area contributed by atoms with E-state index in [9.17, 15) is 0 Å². The van der Waals surface area contributed by atoms with E-state index in [-0.39, 0.29) is 6.04 Å². The van der Waals surface area contributed by atoms with E-state index in [4.69, 9.17) is 10.5 Å². The molecule has 2 N–H and O–H groups in total. The van der Waals surface area contributed by atoms with Gasteiger partial charge in [0.25, 0.3) is 0 Å². The quantitative estimate of drug-likeness (QED) is 0.692.